The van der Waals surface area contributed by atoms with Crippen molar-refractivity contribution in [3.05, 3.63) is 62.0 Å². The van der Waals surface area contributed by atoms with Gasteiger partial charge < -0.3 is 5.32 Å². The average Bonchev–Trinajstić information content (AvgIpc) is 2.55. The van der Waals surface area contributed by atoms with Gasteiger partial charge in [0, 0.05) is 30.1 Å². The minimum Gasteiger partial charge on any atom is -0.312 e. The molecule has 3 rings (SSSR count). The van der Waals surface area contributed by atoms with Crippen LogP contribution >= 0.6 is 11.6 Å². The van der Waals surface area contributed by atoms with Crippen molar-refractivity contribution in [3.63, 3.8) is 0 Å². The highest BCUT2D eigenvalue weighted by molar-refractivity contribution is 6.30. The van der Waals surface area contributed by atoms with Crippen LogP contribution in [-0.4, -0.2) is 16.7 Å². The summed E-state index contributed by atoms with van der Waals surface area (Å²) in [5.41, 5.74) is 4.38. The normalized spacial score (nSPS) is 13.9. The van der Waals surface area contributed by atoms with E-state index < -0.39 is 0 Å². The molecule has 0 amide bonds. The van der Waals surface area contributed by atoms with Crippen LogP contribution in [0.4, 0.5) is 0 Å². The third-order valence-electron chi connectivity index (χ3n) is 4.16. The van der Waals surface area contributed by atoms with Crippen LogP contribution in [0.1, 0.15) is 35.2 Å². The number of aromatic amines is 1. The smallest absolute Gasteiger partial charge is 0.267 e. The lowest BCUT2D eigenvalue weighted by molar-refractivity contribution is 0.630. The molecule has 2 N–H and O–H groups in total. The summed E-state index contributed by atoms with van der Waals surface area (Å²) in [7, 11) is 0. The Balaban J connectivity index is 1.58. The fourth-order valence-corrected chi connectivity index (χ4v) is 3.10. The number of hydrogen-bond donors (Lipinski definition) is 2. The Bertz CT molecular complexity index is 694. The quantitative estimate of drug-likeness (QED) is 0.834. The molecule has 1 aromatic heterocycles. The van der Waals surface area contributed by atoms with Gasteiger partial charge in [0.1, 0.15) is 0 Å². The Kier molecular flexibility index (Phi) is 4.90. The van der Waals surface area contributed by atoms with E-state index in [0.29, 0.717) is 0 Å². The van der Waals surface area contributed by atoms with Crippen molar-refractivity contribution in [3.8, 4) is 0 Å². The van der Waals surface area contributed by atoms with Crippen LogP contribution in [0.15, 0.2) is 29.1 Å². The van der Waals surface area contributed by atoms with Gasteiger partial charge in [-0.3, -0.25) is 4.79 Å². The molecule has 22 heavy (non-hydrogen) atoms. The van der Waals surface area contributed by atoms with Gasteiger partial charge in [-0.1, -0.05) is 23.7 Å². The van der Waals surface area contributed by atoms with Crippen LogP contribution < -0.4 is 10.9 Å². The third-order valence-corrected chi connectivity index (χ3v) is 4.42. The highest BCUT2D eigenvalue weighted by Crippen LogP contribution is 2.20. The van der Waals surface area contributed by atoms with Gasteiger partial charge in [-0.05, 0) is 48.9 Å². The molecule has 1 aromatic carbocycles. The van der Waals surface area contributed by atoms with Crippen molar-refractivity contribution in [1.29, 1.82) is 0 Å². The number of nitrogens with one attached hydrogen (secondary N) is 2. The lowest BCUT2D eigenvalue weighted by Gasteiger charge is -2.17. The number of H-pyrrole nitrogens is 1. The molecule has 0 bridgehead atoms. The molecular formula is C17H20ClN3O. The summed E-state index contributed by atoms with van der Waals surface area (Å²) in [4.78, 5) is 11.8. The second kappa shape index (κ2) is 7.07. The van der Waals surface area contributed by atoms with Gasteiger partial charge in [-0.2, -0.15) is 5.10 Å². The van der Waals surface area contributed by atoms with Gasteiger partial charge >= 0.3 is 0 Å². The lowest BCUT2D eigenvalue weighted by atomic mass is 9.91. The van der Waals surface area contributed by atoms with E-state index >= 15 is 0 Å². The van der Waals surface area contributed by atoms with Gasteiger partial charge in [0.15, 0.2) is 0 Å². The molecule has 0 saturated carbocycles. The first-order valence-electron chi connectivity index (χ1n) is 7.78. The number of fused-ring (bicyclic) bond motifs is 1. The number of hydrogen-bond acceptors (Lipinski definition) is 3. The SMILES string of the molecule is O=c1[nH]nc(CCNCc2ccc(Cl)cc2)c2c1CCCC2. The molecule has 0 aliphatic heterocycles. The number of aromatic nitrogens is 2. The molecular weight excluding hydrogens is 298 g/mol. The zero-order valence-corrected chi connectivity index (χ0v) is 13.2. The predicted octanol–water partition coefficient (Wildman–Crippen LogP) is 2.63. The summed E-state index contributed by atoms with van der Waals surface area (Å²) in [6, 6.07) is 7.85. The lowest BCUT2D eigenvalue weighted by Crippen LogP contribution is -2.25. The Morgan fingerprint density at radius 3 is 2.64 bits per heavy atom. The van der Waals surface area contributed by atoms with Crippen LogP contribution in [0.2, 0.25) is 5.02 Å². The second-order valence-electron chi connectivity index (χ2n) is 5.72. The first kappa shape index (κ1) is 15.3. The van der Waals surface area contributed by atoms with Crippen molar-refractivity contribution in [2.45, 2.75) is 38.6 Å². The minimum atomic E-state index is -0.00688. The predicted molar refractivity (Wildman–Crippen MR) is 88.4 cm³/mol. The molecule has 2 aromatic rings. The molecule has 0 spiro atoms. The van der Waals surface area contributed by atoms with Crippen molar-refractivity contribution in [1.82, 2.24) is 15.5 Å². The van der Waals surface area contributed by atoms with E-state index in [0.717, 1.165) is 61.5 Å². The van der Waals surface area contributed by atoms with E-state index in [2.05, 4.69) is 15.5 Å². The van der Waals surface area contributed by atoms with E-state index in [4.69, 9.17) is 11.6 Å². The van der Waals surface area contributed by atoms with Crippen molar-refractivity contribution < 1.29 is 0 Å². The first-order valence-corrected chi connectivity index (χ1v) is 8.16. The number of rotatable bonds is 5. The van der Waals surface area contributed by atoms with Crippen molar-refractivity contribution in [2.75, 3.05) is 6.54 Å². The van der Waals surface area contributed by atoms with Gasteiger partial charge in [0.25, 0.3) is 5.56 Å². The zero-order valence-electron chi connectivity index (χ0n) is 12.5. The molecule has 0 unspecified atom stereocenters. The molecule has 1 aliphatic rings. The molecule has 5 heteroatoms. The summed E-state index contributed by atoms with van der Waals surface area (Å²) in [6.45, 7) is 1.65. The van der Waals surface area contributed by atoms with Crippen LogP contribution in [0.3, 0.4) is 0 Å². The van der Waals surface area contributed by atoms with Crippen LogP contribution in [-0.2, 0) is 25.8 Å². The Morgan fingerprint density at radius 2 is 1.86 bits per heavy atom. The summed E-state index contributed by atoms with van der Waals surface area (Å²) in [6.07, 6.45) is 4.97. The zero-order chi connectivity index (χ0) is 15.4. The van der Waals surface area contributed by atoms with Crippen LogP contribution in [0, 0.1) is 0 Å². The minimum absolute atomic E-state index is 0.00688. The van der Waals surface area contributed by atoms with Crippen LogP contribution in [0.5, 0.6) is 0 Å². The summed E-state index contributed by atoms with van der Waals surface area (Å²) in [5.74, 6) is 0. The molecule has 116 valence electrons. The highest BCUT2D eigenvalue weighted by Gasteiger charge is 2.17. The summed E-state index contributed by atoms with van der Waals surface area (Å²) in [5, 5.41) is 11.1. The first-order chi connectivity index (χ1) is 10.7. The van der Waals surface area contributed by atoms with Crippen molar-refractivity contribution >= 4 is 11.6 Å². The average molecular weight is 318 g/mol. The molecule has 0 saturated heterocycles. The fourth-order valence-electron chi connectivity index (χ4n) is 2.98. The molecule has 0 fully saturated rings. The maximum atomic E-state index is 11.8. The Morgan fingerprint density at radius 1 is 1.14 bits per heavy atom. The molecule has 0 atom stereocenters. The summed E-state index contributed by atoms with van der Waals surface area (Å²) >= 11 is 5.88. The number of benzene rings is 1. The maximum absolute atomic E-state index is 11.8. The molecule has 1 aliphatic carbocycles. The number of nitrogens with zero attached hydrogens (tertiary/aromatic N) is 1. The van der Waals surface area contributed by atoms with E-state index in [1.54, 1.807) is 0 Å². The van der Waals surface area contributed by atoms with E-state index in [1.165, 1.54) is 11.1 Å². The Labute approximate surface area is 134 Å². The van der Waals surface area contributed by atoms with Crippen molar-refractivity contribution in [2.24, 2.45) is 0 Å². The Hall–Kier alpha value is -1.65. The van der Waals surface area contributed by atoms with Crippen LogP contribution in [0.25, 0.3) is 0 Å². The van der Waals surface area contributed by atoms with E-state index in [-0.39, 0.29) is 5.56 Å². The molecule has 4 nitrogen and oxygen atoms in total. The highest BCUT2D eigenvalue weighted by atomic mass is 35.5. The second-order valence-corrected chi connectivity index (χ2v) is 6.15. The van der Waals surface area contributed by atoms with Gasteiger partial charge in [0.05, 0.1) is 5.69 Å². The molecule has 1 heterocycles. The number of halogens is 1. The molecule has 0 radical (unpaired) electrons. The van der Waals surface area contributed by atoms with Gasteiger partial charge in [0.2, 0.25) is 0 Å². The topological polar surface area (TPSA) is 57.8 Å². The third kappa shape index (κ3) is 3.57. The monoisotopic (exact) mass is 317 g/mol. The fraction of sp³-hybridized carbons (Fsp3) is 0.412. The van der Waals surface area contributed by atoms with E-state index in [1.807, 2.05) is 24.3 Å². The van der Waals surface area contributed by atoms with Gasteiger partial charge in [-0.15, -0.1) is 0 Å². The largest absolute Gasteiger partial charge is 0.312 e. The summed E-state index contributed by atoms with van der Waals surface area (Å²) < 4.78 is 0. The maximum Gasteiger partial charge on any atom is 0.267 e. The van der Waals surface area contributed by atoms with Gasteiger partial charge in [-0.25, -0.2) is 5.10 Å². The standard InChI is InChI=1S/C17H20ClN3O/c18-13-7-5-12(6-8-13)11-19-10-9-16-14-3-1-2-4-15(14)17(22)21-20-16/h5-8,19H,1-4,9-11H2,(H,21,22). The van der Waals surface area contributed by atoms with E-state index in [9.17, 15) is 4.79 Å².